The van der Waals surface area contributed by atoms with Gasteiger partial charge in [0.15, 0.2) is 5.75 Å². The third-order valence-corrected chi connectivity index (χ3v) is 10.9. The molecule has 0 saturated carbocycles. The Balaban J connectivity index is 1.81. The molecular weight excluding hydrogens is 764 g/mol. The molecule has 1 amide bonds. The van der Waals surface area contributed by atoms with Gasteiger partial charge in [0.05, 0.1) is 58.5 Å². The lowest BCUT2D eigenvalue weighted by Gasteiger charge is -2.38. The Labute approximate surface area is 359 Å². The van der Waals surface area contributed by atoms with Crippen molar-refractivity contribution in [1.29, 1.82) is 0 Å². The molecule has 4 heterocycles. The molecule has 4 aliphatic heterocycles. The lowest BCUT2D eigenvalue weighted by Crippen LogP contribution is -2.46. The van der Waals surface area contributed by atoms with Gasteiger partial charge in [0.1, 0.15) is 23.4 Å². The Morgan fingerprint density at radius 1 is 1.00 bits per heavy atom. The lowest BCUT2D eigenvalue weighted by molar-refractivity contribution is -0.160. The number of esters is 1. The minimum atomic E-state index is -3.87. The van der Waals surface area contributed by atoms with Gasteiger partial charge in [0, 0.05) is 96.7 Å². The van der Waals surface area contributed by atoms with Gasteiger partial charge >= 0.3 is 11.8 Å². The monoisotopic (exact) mass is 833 g/mol. The number of nitrogens with zero attached hydrogens (tertiary/aromatic N) is 3. The van der Waals surface area contributed by atoms with E-state index in [1.165, 1.54) is 59.1 Å². The van der Waals surface area contributed by atoms with E-state index >= 15 is 0 Å². The van der Waals surface area contributed by atoms with Crippen LogP contribution in [0.25, 0.3) is 10.8 Å². The maximum Gasteiger partial charge on any atom is 0.312 e. The number of phenols is 3. The molecule has 2 aromatic rings. The topological polar surface area (TPSA) is 220 Å². The first-order valence-corrected chi connectivity index (χ1v) is 18.7. The van der Waals surface area contributed by atoms with Gasteiger partial charge in [-0.1, -0.05) is 45.9 Å². The van der Waals surface area contributed by atoms with E-state index in [0.29, 0.717) is 6.21 Å². The predicted octanol–water partition coefficient (Wildman–Crippen LogP) is 4.34. The van der Waals surface area contributed by atoms with Crippen LogP contribution in [0.2, 0.25) is 0 Å². The molecule has 1 fully saturated rings. The number of methoxy groups -OCH3 is 1. The van der Waals surface area contributed by atoms with E-state index in [-0.39, 0.29) is 21.9 Å². The number of phenolic OH excluding ortho intramolecular Hbond substituents is 3. The number of carbonyl (C=O) groups excluding carboxylic acids is 3. The van der Waals surface area contributed by atoms with Crippen LogP contribution in [-0.2, 0) is 23.8 Å². The number of hydrazone groups is 1. The molecule has 1 saturated heterocycles. The number of carbonyl (C=O) groups is 3. The van der Waals surface area contributed by atoms with Crippen molar-refractivity contribution in [2.24, 2.45) is 28.8 Å². The van der Waals surface area contributed by atoms with Gasteiger partial charge in [0.2, 0.25) is 0 Å². The third kappa shape index (κ3) is 8.91. The number of rotatable bonds is 4. The third-order valence-electron chi connectivity index (χ3n) is 10.9. The maximum absolute atomic E-state index is 14.6. The quantitative estimate of drug-likeness (QED) is 0.109. The zero-order valence-electron chi connectivity index (χ0n) is 45.0. The maximum atomic E-state index is 14.6. The van der Waals surface area contributed by atoms with Crippen LogP contribution in [-0.4, -0.2) is 130 Å². The standard InChI is InChI=1S/C43H58N4O12/c1-21-12-11-13-22(2)42(55)45-33-28(20-44-47-17-15-46(9)16-18-47)37(52)30-31(38(33)53)36(51)26(6)40-32(30)41(54)43(8,59-40)57-19-14-29(56-10)23(3)39(58-27(7)48)25(5)35(50)24(4)34(21)49/h11-14,19-21,23-25,29,34-35,39,49-53H,15-18H2,1-10H3,(H,45,55)/b12-11-,19-14-,22-13-,44-20+/t21-,23+,24+,25+,29-,34-,35+,39+,43-/m0/s1/i9D3,15D2,16D2,17D2,18D2. The number of hydrogen-bond donors (Lipinski definition) is 6. The van der Waals surface area contributed by atoms with Crippen LogP contribution in [0.1, 0.15) is 85.0 Å². The summed E-state index contributed by atoms with van der Waals surface area (Å²) >= 11 is 0. The number of aromatic hydroxyl groups is 3. The van der Waals surface area contributed by atoms with E-state index in [1.807, 2.05) is 0 Å². The number of likely N-dealkylation sites (N-methyl/N-ethyl adjacent to an activating group) is 1. The van der Waals surface area contributed by atoms with E-state index in [9.17, 15) is 39.9 Å². The van der Waals surface area contributed by atoms with Gasteiger partial charge in [-0.15, -0.1) is 0 Å². The second-order valence-electron chi connectivity index (χ2n) is 15.0. The molecule has 0 aliphatic carbocycles. The lowest BCUT2D eigenvalue weighted by atomic mass is 9.78. The summed E-state index contributed by atoms with van der Waals surface area (Å²) in [5, 5.41) is 63.3. The summed E-state index contributed by atoms with van der Waals surface area (Å²) in [6, 6.07) is 0. The summed E-state index contributed by atoms with van der Waals surface area (Å²) in [5.41, 5.74) is -2.49. The van der Waals surface area contributed by atoms with Gasteiger partial charge < -0.3 is 54.7 Å². The molecule has 0 spiro atoms. The van der Waals surface area contributed by atoms with Crippen molar-refractivity contribution in [3.05, 3.63) is 52.8 Å². The number of aliphatic hydroxyl groups is 2. The Morgan fingerprint density at radius 2 is 1.68 bits per heavy atom. The molecule has 6 rings (SSSR count). The van der Waals surface area contributed by atoms with Crippen LogP contribution >= 0.6 is 0 Å². The number of piperazine rings is 1. The second kappa shape index (κ2) is 18.0. The molecule has 0 aromatic heterocycles. The molecule has 59 heavy (non-hydrogen) atoms. The number of amides is 1. The van der Waals surface area contributed by atoms with Crippen LogP contribution in [0.15, 0.2) is 41.2 Å². The molecule has 0 radical (unpaired) electrons. The van der Waals surface area contributed by atoms with E-state index in [0.717, 1.165) is 6.26 Å². The molecule has 0 unspecified atom stereocenters. The Hall–Kier alpha value is -5.16. The summed E-state index contributed by atoms with van der Waals surface area (Å²) in [5.74, 6) is -11.4. The molecule has 2 aromatic carbocycles. The number of hydrogen-bond acceptors (Lipinski definition) is 15. The molecule has 4 aliphatic rings. The SMILES string of the molecule is [2H]C([2H])([2H])N1C([2H])([2H])C([2H])([2H])N(/N=C/c2c3c(O)c4c(O)c(C)c5c(c4c2O)C(=O)[C@@](C)(O/C=C\[C@H](OC)[C@@H](C)[C@@H](OC(C)=O)[C@H](C)[C@H](O)[C@H](C)[C@@H](O)[C@@H](C)/C=C\C=C(\C)C(=O)N3)O5)C([2H])([2H])C1([2H])[2H]. The van der Waals surface area contributed by atoms with Gasteiger partial charge in [0.25, 0.3) is 11.7 Å². The molecule has 16 nitrogen and oxygen atoms in total. The predicted molar refractivity (Wildman–Crippen MR) is 220 cm³/mol. The average Bonchev–Trinajstić information content (AvgIpc) is 3.51. The van der Waals surface area contributed by atoms with Crippen molar-refractivity contribution >= 4 is 40.3 Å². The van der Waals surface area contributed by atoms with Crippen molar-refractivity contribution in [2.45, 2.75) is 85.6 Å². The molecule has 322 valence electrons. The number of allylic oxidation sites excluding steroid dienone is 2. The summed E-state index contributed by atoms with van der Waals surface area (Å²) in [6.45, 7) is -7.70. The van der Waals surface area contributed by atoms with E-state index in [2.05, 4.69) is 10.4 Å². The Morgan fingerprint density at radius 3 is 2.31 bits per heavy atom. The molecule has 9 atom stereocenters. The number of fused-ring (bicyclic) bond motifs is 14. The number of anilines is 1. The number of nitrogens with one attached hydrogen (secondary N) is 1. The van der Waals surface area contributed by atoms with Crippen LogP contribution in [0.3, 0.4) is 0 Å². The minimum Gasteiger partial charge on any atom is -0.507 e. The van der Waals surface area contributed by atoms with Crippen LogP contribution in [0.5, 0.6) is 23.0 Å². The second-order valence-corrected chi connectivity index (χ2v) is 15.0. The van der Waals surface area contributed by atoms with Crippen molar-refractivity contribution in [1.82, 2.24) is 9.91 Å². The van der Waals surface area contributed by atoms with E-state index in [1.54, 1.807) is 27.7 Å². The van der Waals surface area contributed by atoms with Crippen molar-refractivity contribution < 1.29 is 73.9 Å². The van der Waals surface area contributed by atoms with Crippen molar-refractivity contribution in [3.63, 3.8) is 0 Å². The molecular formula is C43H58N4O12. The summed E-state index contributed by atoms with van der Waals surface area (Å²) < 4.78 is 115. The molecule has 6 N–H and O–H groups in total. The van der Waals surface area contributed by atoms with Gasteiger partial charge in [-0.2, -0.15) is 5.10 Å². The summed E-state index contributed by atoms with van der Waals surface area (Å²) in [4.78, 5) is 40.3. The number of ether oxygens (including phenoxy) is 4. The highest BCUT2D eigenvalue weighted by molar-refractivity contribution is 6.23. The fourth-order valence-corrected chi connectivity index (χ4v) is 7.30. The summed E-state index contributed by atoms with van der Waals surface area (Å²) in [7, 11) is 1.34. The highest BCUT2D eigenvalue weighted by Crippen LogP contribution is 2.55. The molecule has 5 bridgehead atoms. The average molecular weight is 834 g/mol. The smallest absolute Gasteiger partial charge is 0.312 e. The fraction of sp³-hybridized carbons (Fsp3) is 0.535. The van der Waals surface area contributed by atoms with Crippen molar-refractivity contribution in [2.75, 3.05) is 45.4 Å². The number of aliphatic hydroxyl groups excluding tert-OH is 2. The Kier molecular flexibility index (Phi) is 9.67. The number of ketones is 1. The van der Waals surface area contributed by atoms with Crippen LogP contribution in [0, 0.1) is 30.6 Å². The zero-order chi connectivity index (χ0) is 53.3. The highest BCUT2D eigenvalue weighted by atomic mass is 16.7. The highest BCUT2D eigenvalue weighted by Gasteiger charge is 2.50. The van der Waals surface area contributed by atoms with Gasteiger partial charge in [-0.3, -0.25) is 19.4 Å². The first kappa shape index (κ1) is 31.7. The number of benzene rings is 2. The van der Waals surface area contributed by atoms with E-state index < -0.39 is 154 Å². The molecule has 16 heteroatoms. The largest absolute Gasteiger partial charge is 0.507 e. The normalized spacial score (nSPS) is 38.5. The Bertz CT molecular complexity index is 2530. The fourth-order valence-electron chi connectivity index (χ4n) is 7.30. The van der Waals surface area contributed by atoms with Crippen LogP contribution in [0.4, 0.5) is 5.69 Å². The van der Waals surface area contributed by atoms with E-state index in [4.69, 9.17) is 34.0 Å². The first-order chi connectivity index (χ1) is 32.0. The number of Topliss-reactive ketones (excluding diaryl/α,β-unsaturated/α-hetero) is 1. The van der Waals surface area contributed by atoms with Crippen LogP contribution < -0.4 is 10.1 Å². The van der Waals surface area contributed by atoms with Crippen molar-refractivity contribution in [3.8, 4) is 23.0 Å². The minimum absolute atomic E-state index is 0.115. The van der Waals surface area contributed by atoms with Gasteiger partial charge in [-0.25, -0.2) is 0 Å². The van der Waals surface area contributed by atoms with Gasteiger partial charge in [-0.05, 0) is 26.9 Å². The summed E-state index contributed by atoms with van der Waals surface area (Å²) in [6.07, 6.45) is 2.59. The first-order valence-electron chi connectivity index (χ1n) is 24.2. The zero-order valence-corrected chi connectivity index (χ0v) is 34.0.